The first kappa shape index (κ1) is 16.9. The molecular weight excluding hydrogens is 318 g/mol. The van der Waals surface area contributed by atoms with Crippen LogP contribution in [0.15, 0.2) is 48.5 Å². The van der Waals surface area contributed by atoms with E-state index < -0.39 is 12.1 Å². The molecule has 1 aromatic heterocycles. The van der Waals surface area contributed by atoms with Gasteiger partial charge in [-0.05, 0) is 37.6 Å². The lowest BCUT2D eigenvalue weighted by Crippen LogP contribution is -2.24. The van der Waals surface area contributed by atoms with Crippen molar-refractivity contribution in [3.05, 3.63) is 70.9 Å². The Kier molecular flexibility index (Phi) is 4.67. The van der Waals surface area contributed by atoms with E-state index >= 15 is 0 Å². The van der Waals surface area contributed by atoms with Crippen LogP contribution < -0.4 is 0 Å². The van der Waals surface area contributed by atoms with E-state index in [0.29, 0.717) is 16.7 Å². The van der Waals surface area contributed by atoms with Crippen molar-refractivity contribution >= 4 is 22.7 Å². The Morgan fingerprint density at radius 2 is 1.80 bits per heavy atom. The minimum absolute atomic E-state index is 0.0932. The van der Waals surface area contributed by atoms with Crippen LogP contribution >= 0.6 is 0 Å². The molecule has 0 bridgehead atoms. The number of benzene rings is 2. The van der Waals surface area contributed by atoms with Gasteiger partial charge in [-0.15, -0.1) is 0 Å². The van der Waals surface area contributed by atoms with Gasteiger partial charge in [0.05, 0.1) is 12.2 Å². The van der Waals surface area contributed by atoms with E-state index in [1.807, 2.05) is 31.2 Å². The third-order valence-corrected chi connectivity index (χ3v) is 4.17. The zero-order chi connectivity index (χ0) is 18.0. The number of aliphatic hydroxyl groups excluding tert-OH is 1. The third-order valence-electron chi connectivity index (χ3n) is 4.17. The molecule has 3 aromatic rings. The first-order valence-corrected chi connectivity index (χ1v) is 8.03. The molecule has 128 valence electrons. The van der Waals surface area contributed by atoms with Crippen molar-refractivity contribution < 1.29 is 19.4 Å². The van der Waals surface area contributed by atoms with Gasteiger partial charge in [0.2, 0.25) is 5.78 Å². The summed E-state index contributed by atoms with van der Waals surface area (Å²) >= 11 is 0. The fourth-order valence-electron chi connectivity index (χ4n) is 2.83. The van der Waals surface area contributed by atoms with Crippen LogP contribution in [-0.2, 0) is 11.3 Å². The average molecular weight is 337 g/mol. The van der Waals surface area contributed by atoms with Gasteiger partial charge in [0, 0.05) is 22.2 Å². The fourth-order valence-corrected chi connectivity index (χ4v) is 2.83. The van der Waals surface area contributed by atoms with Gasteiger partial charge in [0.25, 0.3) is 0 Å². The van der Waals surface area contributed by atoms with E-state index in [-0.39, 0.29) is 12.4 Å². The lowest BCUT2D eigenvalue weighted by Gasteiger charge is -2.13. The highest BCUT2D eigenvalue weighted by Gasteiger charge is 2.24. The third kappa shape index (κ3) is 3.32. The minimum Gasteiger partial charge on any atom is -0.451 e. The summed E-state index contributed by atoms with van der Waals surface area (Å²) in [6.07, 6.45) is -0.900. The van der Waals surface area contributed by atoms with Gasteiger partial charge in [0.15, 0.2) is 6.10 Å². The van der Waals surface area contributed by atoms with E-state index in [1.165, 1.54) is 0 Å². The number of aliphatic hydroxyl groups is 1. The number of hydrogen-bond donors (Lipinski definition) is 2. The molecule has 0 spiro atoms. The van der Waals surface area contributed by atoms with Crippen LogP contribution in [0, 0.1) is 6.92 Å². The van der Waals surface area contributed by atoms with Crippen LogP contribution in [0.4, 0.5) is 0 Å². The second-order valence-electron chi connectivity index (χ2n) is 5.94. The van der Waals surface area contributed by atoms with Gasteiger partial charge in [0.1, 0.15) is 0 Å². The van der Waals surface area contributed by atoms with Gasteiger partial charge in [-0.25, -0.2) is 4.79 Å². The van der Waals surface area contributed by atoms with Crippen LogP contribution in [0.3, 0.4) is 0 Å². The number of ether oxygens (including phenoxy) is 1. The molecule has 2 N–H and O–H groups in total. The Hall–Kier alpha value is -2.92. The number of Topliss-reactive ketones (excluding diaryl/α,β-unsaturated/α-hetero) is 1. The summed E-state index contributed by atoms with van der Waals surface area (Å²) < 4.78 is 5.33. The fraction of sp³-hybridized carbons (Fsp3) is 0.200. The molecule has 0 amide bonds. The average Bonchev–Trinajstić information content (AvgIpc) is 2.96. The number of hydrogen-bond acceptors (Lipinski definition) is 4. The number of H-pyrrole nitrogens is 1. The maximum atomic E-state index is 12.8. The Bertz CT molecular complexity index is 925. The lowest BCUT2D eigenvalue weighted by molar-refractivity contribution is 0.0319. The molecule has 5 heteroatoms. The topological polar surface area (TPSA) is 79.4 Å². The number of nitrogens with one attached hydrogen (secondary N) is 1. The molecule has 25 heavy (non-hydrogen) atoms. The number of rotatable bonds is 5. The van der Waals surface area contributed by atoms with E-state index in [9.17, 15) is 9.59 Å². The van der Waals surface area contributed by atoms with E-state index in [2.05, 4.69) is 4.98 Å². The predicted molar refractivity (Wildman–Crippen MR) is 94.6 cm³/mol. The maximum absolute atomic E-state index is 12.8. The van der Waals surface area contributed by atoms with Crippen molar-refractivity contribution in [2.45, 2.75) is 26.6 Å². The van der Waals surface area contributed by atoms with Crippen molar-refractivity contribution in [1.82, 2.24) is 4.98 Å². The molecule has 0 radical (unpaired) electrons. The largest absolute Gasteiger partial charge is 0.451 e. The number of ketones is 1. The molecule has 1 heterocycles. The lowest BCUT2D eigenvalue weighted by atomic mass is 10.0. The predicted octanol–water partition coefficient (Wildman–Crippen LogP) is 3.40. The van der Waals surface area contributed by atoms with Crippen molar-refractivity contribution in [1.29, 1.82) is 0 Å². The summed E-state index contributed by atoms with van der Waals surface area (Å²) in [6, 6.07) is 14.0. The van der Waals surface area contributed by atoms with Crippen molar-refractivity contribution in [2.75, 3.05) is 0 Å². The van der Waals surface area contributed by atoms with Crippen molar-refractivity contribution in [3.8, 4) is 0 Å². The number of aromatic nitrogens is 1. The van der Waals surface area contributed by atoms with Crippen LogP contribution in [0.5, 0.6) is 0 Å². The number of carbonyl (C=O) groups excluding carboxylic acids is 2. The zero-order valence-electron chi connectivity index (χ0n) is 14.1. The highest BCUT2D eigenvalue weighted by molar-refractivity contribution is 6.11. The second-order valence-corrected chi connectivity index (χ2v) is 5.94. The van der Waals surface area contributed by atoms with Crippen LogP contribution in [0.1, 0.15) is 38.9 Å². The summed E-state index contributed by atoms with van der Waals surface area (Å²) in [5.41, 5.74) is 3.22. The van der Waals surface area contributed by atoms with E-state index in [1.54, 1.807) is 31.2 Å². The molecule has 0 unspecified atom stereocenters. The van der Waals surface area contributed by atoms with E-state index in [4.69, 9.17) is 9.84 Å². The number of para-hydroxylation sites is 1. The SMILES string of the molecule is Cc1[nH]c2ccccc2c1C(=O)[C@H](C)OC(=O)c1ccc(CO)cc1. The molecule has 0 saturated carbocycles. The normalized spacial score (nSPS) is 12.1. The molecule has 0 aliphatic rings. The quantitative estimate of drug-likeness (QED) is 0.552. The molecule has 0 aliphatic carbocycles. The molecular formula is C20H19NO4. The minimum atomic E-state index is -0.900. The smallest absolute Gasteiger partial charge is 0.338 e. The first-order chi connectivity index (χ1) is 12.0. The van der Waals surface area contributed by atoms with Crippen molar-refractivity contribution in [3.63, 3.8) is 0 Å². The Morgan fingerprint density at radius 3 is 2.48 bits per heavy atom. The molecule has 5 nitrogen and oxygen atoms in total. The summed E-state index contributed by atoms with van der Waals surface area (Å²) in [7, 11) is 0. The zero-order valence-corrected chi connectivity index (χ0v) is 14.1. The summed E-state index contributed by atoms with van der Waals surface area (Å²) in [4.78, 5) is 28.2. The summed E-state index contributed by atoms with van der Waals surface area (Å²) in [6.45, 7) is 3.31. The van der Waals surface area contributed by atoms with Gasteiger partial charge < -0.3 is 14.8 Å². The number of esters is 1. The Balaban J connectivity index is 1.79. The van der Waals surface area contributed by atoms with Gasteiger partial charge in [-0.3, -0.25) is 4.79 Å². The Labute approximate surface area is 145 Å². The molecule has 3 rings (SSSR count). The maximum Gasteiger partial charge on any atom is 0.338 e. The van der Waals surface area contributed by atoms with Gasteiger partial charge in [-0.1, -0.05) is 30.3 Å². The highest BCUT2D eigenvalue weighted by atomic mass is 16.5. The van der Waals surface area contributed by atoms with Crippen LogP contribution in [0.25, 0.3) is 10.9 Å². The standard InChI is InChI=1S/C20H19NO4/c1-12-18(16-5-3-4-6-17(16)21-12)19(23)13(2)25-20(24)15-9-7-14(11-22)8-10-15/h3-10,13,21-22H,11H2,1-2H3/t13-/m0/s1. The monoisotopic (exact) mass is 337 g/mol. The Morgan fingerprint density at radius 1 is 1.12 bits per heavy atom. The number of aryl methyl sites for hydroxylation is 1. The second kappa shape index (κ2) is 6.91. The van der Waals surface area contributed by atoms with Gasteiger partial charge in [-0.2, -0.15) is 0 Å². The molecule has 0 aliphatic heterocycles. The number of carbonyl (C=O) groups is 2. The molecule has 0 saturated heterocycles. The van der Waals surface area contributed by atoms with Crippen LogP contribution in [-0.4, -0.2) is 27.9 Å². The molecule has 1 atom stereocenters. The van der Waals surface area contributed by atoms with Crippen molar-refractivity contribution in [2.24, 2.45) is 0 Å². The number of aromatic amines is 1. The molecule has 2 aromatic carbocycles. The van der Waals surface area contributed by atoms with Gasteiger partial charge >= 0.3 is 5.97 Å². The first-order valence-electron chi connectivity index (χ1n) is 8.03. The summed E-state index contributed by atoms with van der Waals surface area (Å²) in [5.74, 6) is -0.807. The number of fused-ring (bicyclic) bond motifs is 1. The van der Waals surface area contributed by atoms with E-state index in [0.717, 1.165) is 16.6 Å². The molecule has 0 fully saturated rings. The van der Waals surface area contributed by atoms with Crippen LogP contribution in [0.2, 0.25) is 0 Å². The summed E-state index contributed by atoms with van der Waals surface area (Å²) in [5, 5.41) is 9.86. The highest BCUT2D eigenvalue weighted by Crippen LogP contribution is 2.24.